The van der Waals surface area contributed by atoms with Gasteiger partial charge in [-0.2, -0.15) is 0 Å². The first-order chi connectivity index (χ1) is 10.3. The van der Waals surface area contributed by atoms with Crippen LogP contribution in [0.15, 0.2) is 0 Å². The molecule has 22 heavy (non-hydrogen) atoms. The largest absolute Gasteiger partial charge is 0.379 e. The maximum atomic E-state index is 5.71. The molecule has 0 unspecified atom stereocenters. The van der Waals surface area contributed by atoms with Gasteiger partial charge in [-0.05, 0) is 34.6 Å². The molecule has 0 rings (SSSR count). The van der Waals surface area contributed by atoms with E-state index in [1.54, 1.807) is 7.11 Å². The molecule has 0 aromatic rings. The highest BCUT2D eigenvalue weighted by Crippen LogP contribution is 2.02. The van der Waals surface area contributed by atoms with Crippen LogP contribution in [0.4, 0.5) is 0 Å². The first-order valence-corrected chi connectivity index (χ1v) is 8.06. The second kappa shape index (κ2) is 13.2. The first kappa shape index (κ1) is 21.8. The number of nitrogens with two attached hydrogens (primary N) is 1. The Morgan fingerprint density at radius 1 is 0.636 bits per heavy atom. The first-order valence-electron chi connectivity index (χ1n) is 8.06. The molecule has 0 aromatic carbocycles. The van der Waals surface area contributed by atoms with Crippen molar-refractivity contribution in [3.05, 3.63) is 0 Å². The summed E-state index contributed by atoms with van der Waals surface area (Å²) >= 11 is 0. The van der Waals surface area contributed by atoms with Crippen molar-refractivity contribution in [1.29, 1.82) is 0 Å². The Kier molecular flexibility index (Phi) is 13.1. The molecule has 6 nitrogen and oxygen atoms in total. The van der Waals surface area contributed by atoms with Crippen LogP contribution in [0.5, 0.6) is 0 Å². The molecule has 0 radical (unpaired) electrons. The molecule has 0 fully saturated rings. The van der Waals surface area contributed by atoms with Gasteiger partial charge in [-0.3, -0.25) is 0 Å². The van der Waals surface area contributed by atoms with E-state index in [0.717, 1.165) is 0 Å². The fraction of sp³-hybridized carbons (Fsp3) is 1.00. The summed E-state index contributed by atoms with van der Waals surface area (Å²) in [5, 5.41) is 0. The van der Waals surface area contributed by atoms with Gasteiger partial charge < -0.3 is 29.4 Å². The van der Waals surface area contributed by atoms with Crippen LogP contribution in [0.25, 0.3) is 0 Å². The molecule has 0 aliphatic heterocycles. The minimum atomic E-state index is 0.0155. The lowest BCUT2D eigenvalue weighted by atomic mass is 10.3. The Labute approximate surface area is 135 Å². The van der Waals surface area contributed by atoms with Crippen molar-refractivity contribution in [2.24, 2.45) is 5.73 Å². The number of ether oxygens (including phenoxy) is 5. The van der Waals surface area contributed by atoms with Gasteiger partial charge in [0.05, 0.1) is 57.5 Å². The second-order valence-corrected chi connectivity index (χ2v) is 5.99. The summed E-state index contributed by atoms with van der Waals surface area (Å²) in [4.78, 5) is 0. The summed E-state index contributed by atoms with van der Waals surface area (Å²) in [7, 11) is 1.67. The van der Waals surface area contributed by atoms with Crippen molar-refractivity contribution in [3.8, 4) is 0 Å². The van der Waals surface area contributed by atoms with E-state index in [9.17, 15) is 0 Å². The molecule has 0 bridgehead atoms. The summed E-state index contributed by atoms with van der Waals surface area (Å²) in [5.41, 5.74) is 5.62. The monoisotopic (exact) mass is 321 g/mol. The van der Waals surface area contributed by atoms with Crippen LogP contribution in [0.3, 0.4) is 0 Å². The van der Waals surface area contributed by atoms with Gasteiger partial charge in [0.2, 0.25) is 0 Å². The van der Waals surface area contributed by atoms with Crippen LogP contribution in [0.2, 0.25) is 0 Å². The zero-order chi connectivity index (χ0) is 17.0. The Morgan fingerprint density at radius 3 is 1.45 bits per heavy atom. The molecule has 0 aliphatic carbocycles. The van der Waals surface area contributed by atoms with Gasteiger partial charge in [-0.1, -0.05) is 0 Å². The van der Waals surface area contributed by atoms with Gasteiger partial charge in [0, 0.05) is 13.2 Å². The zero-order valence-electron chi connectivity index (χ0n) is 15.0. The van der Waals surface area contributed by atoms with Crippen molar-refractivity contribution in [2.45, 2.75) is 65.1 Å². The molecule has 2 N–H and O–H groups in total. The lowest BCUT2D eigenvalue weighted by molar-refractivity contribution is -0.0893. The van der Waals surface area contributed by atoms with E-state index >= 15 is 0 Å². The quantitative estimate of drug-likeness (QED) is 0.524. The van der Waals surface area contributed by atoms with Crippen molar-refractivity contribution < 1.29 is 23.7 Å². The number of hydrogen-bond donors (Lipinski definition) is 1. The summed E-state index contributed by atoms with van der Waals surface area (Å²) < 4.78 is 27.6. The average molecular weight is 321 g/mol. The van der Waals surface area contributed by atoms with Crippen LogP contribution >= 0.6 is 0 Å². The van der Waals surface area contributed by atoms with Crippen LogP contribution in [0, 0.1) is 0 Å². The lowest BCUT2D eigenvalue weighted by Gasteiger charge is -2.21. The molecule has 134 valence electrons. The minimum Gasteiger partial charge on any atom is -0.379 e. The maximum absolute atomic E-state index is 5.71. The molecule has 0 saturated heterocycles. The van der Waals surface area contributed by atoms with E-state index < -0.39 is 0 Å². The summed E-state index contributed by atoms with van der Waals surface area (Å²) in [6, 6.07) is 0.0526. The third-order valence-electron chi connectivity index (χ3n) is 2.98. The van der Waals surface area contributed by atoms with Gasteiger partial charge in [0.1, 0.15) is 0 Å². The molecule has 0 aromatic heterocycles. The predicted octanol–water partition coefficient (Wildman–Crippen LogP) is 1.60. The minimum absolute atomic E-state index is 0.0155. The smallest absolute Gasteiger partial charge is 0.0781 e. The average Bonchev–Trinajstić information content (AvgIpc) is 2.47. The lowest BCUT2D eigenvalue weighted by Crippen LogP contribution is -2.29. The number of hydrogen-bond acceptors (Lipinski definition) is 6. The van der Waals surface area contributed by atoms with E-state index in [2.05, 4.69) is 0 Å². The van der Waals surface area contributed by atoms with Gasteiger partial charge in [-0.15, -0.1) is 0 Å². The molecular formula is C16H35NO5. The Balaban J connectivity index is 3.61. The molecule has 6 heteroatoms. The van der Waals surface area contributed by atoms with Crippen molar-refractivity contribution in [2.75, 3.05) is 40.1 Å². The Morgan fingerprint density at radius 2 is 1.05 bits per heavy atom. The van der Waals surface area contributed by atoms with E-state index in [4.69, 9.17) is 29.4 Å². The normalized spacial score (nSPS) is 18.7. The number of rotatable bonds is 14. The topological polar surface area (TPSA) is 72.2 Å². The summed E-state index contributed by atoms with van der Waals surface area (Å²) in [6.07, 6.45) is 0.176. The molecule has 0 heterocycles. The molecule has 0 amide bonds. The van der Waals surface area contributed by atoms with Gasteiger partial charge >= 0.3 is 0 Å². The Hall–Kier alpha value is -0.240. The summed E-state index contributed by atoms with van der Waals surface area (Å²) in [5.74, 6) is 0. The highest BCUT2D eigenvalue weighted by atomic mass is 16.6. The van der Waals surface area contributed by atoms with E-state index in [1.165, 1.54) is 0 Å². The van der Waals surface area contributed by atoms with E-state index in [1.807, 2.05) is 34.6 Å². The SMILES string of the molecule is CO[C@@H](C)CO[C@@H](C)CO[C@H](C)CO[C@H](C)COC[C@H](C)N. The van der Waals surface area contributed by atoms with Crippen LogP contribution < -0.4 is 5.73 Å². The molecular weight excluding hydrogens is 286 g/mol. The standard InChI is InChI=1S/C16H35NO5/c1-12(17)7-19-8-14(3)21-10-16(5)22-11-15(4)20-9-13(2)18-6/h12-16H,7-11,17H2,1-6H3/t12-,13-,14+,15-,16+/m0/s1. The fourth-order valence-corrected chi connectivity index (χ4v) is 1.53. The second-order valence-electron chi connectivity index (χ2n) is 5.99. The van der Waals surface area contributed by atoms with Crippen LogP contribution in [0.1, 0.15) is 34.6 Å². The molecule has 0 spiro atoms. The third kappa shape index (κ3) is 13.4. The van der Waals surface area contributed by atoms with Crippen molar-refractivity contribution in [3.63, 3.8) is 0 Å². The fourth-order valence-electron chi connectivity index (χ4n) is 1.53. The summed E-state index contributed by atoms with van der Waals surface area (Å²) in [6.45, 7) is 12.6. The highest BCUT2D eigenvalue weighted by molar-refractivity contribution is 4.57. The third-order valence-corrected chi connectivity index (χ3v) is 2.98. The maximum Gasteiger partial charge on any atom is 0.0781 e. The van der Waals surface area contributed by atoms with Crippen LogP contribution in [-0.2, 0) is 23.7 Å². The predicted molar refractivity (Wildman–Crippen MR) is 87.2 cm³/mol. The zero-order valence-corrected chi connectivity index (χ0v) is 15.0. The Bertz CT molecular complexity index is 253. The van der Waals surface area contributed by atoms with Crippen LogP contribution in [-0.4, -0.2) is 70.6 Å². The van der Waals surface area contributed by atoms with Gasteiger partial charge in [-0.25, -0.2) is 0 Å². The van der Waals surface area contributed by atoms with Crippen molar-refractivity contribution in [1.82, 2.24) is 0 Å². The number of methoxy groups -OCH3 is 1. The molecule has 0 aliphatic rings. The molecule has 5 atom stereocenters. The van der Waals surface area contributed by atoms with E-state index in [0.29, 0.717) is 33.0 Å². The van der Waals surface area contributed by atoms with Gasteiger partial charge in [0.15, 0.2) is 0 Å². The van der Waals surface area contributed by atoms with Crippen molar-refractivity contribution >= 4 is 0 Å². The molecule has 0 saturated carbocycles. The highest BCUT2D eigenvalue weighted by Gasteiger charge is 2.11. The van der Waals surface area contributed by atoms with Gasteiger partial charge in [0.25, 0.3) is 0 Å². The van der Waals surface area contributed by atoms with E-state index in [-0.39, 0.29) is 30.5 Å².